The van der Waals surface area contributed by atoms with E-state index < -0.39 is 11.4 Å². The van der Waals surface area contributed by atoms with Gasteiger partial charge in [-0.25, -0.2) is 0 Å². The number of hydrogen-bond donors (Lipinski definition) is 2. The third kappa shape index (κ3) is 5.20. The van der Waals surface area contributed by atoms with Gasteiger partial charge in [-0.3, -0.25) is 24.5 Å². The second-order valence-corrected chi connectivity index (χ2v) is 9.98. The number of piperidine rings is 3. The first-order chi connectivity index (χ1) is 15.7. The van der Waals surface area contributed by atoms with E-state index in [1.807, 2.05) is 29.2 Å². The minimum atomic E-state index is -0.771. The van der Waals surface area contributed by atoms with Crippen LogP contribution < -0.4 is 10.2 Å². The van der Waals surface area contributed by atoms with Crippen molar-refractivity contribution in [3.05, 3.63) is 29.8 Å². The van der Waals surface area contributed by atoms with Gasteiger partial charge >= 0.3 is 5.97 Å². The number of imide groups is 1. The molecule has 0 bridgehead atoms. The van der Waals surface area contributed by atoms with Gasteiger partial charge in [-0.15, -0.1) is 0 Å². The first kappa shape index (κ1) is 23.3. The van der Waals surface area contributed by atoms with Gasteiger partial charge in [-0.2, -0.15) is 0 Å². The standard InChI is InChI=1S/C25H33N3O5/c1-25(24(32)33)10-14-28(15-11-25)22(30)16-17-8-12-27(13-9-17)19-4-2-18(3-5-19)20-6-7-21(29)26-23(20)31/h2-5,17,20H,6-16H2,1H3,(H,32,33)(H,26,29,31). The molecular weight excluding hydrogens is 422 g/mol. The zero-order valence-electron chi connectivity index (χ0n) is 19.2. The minimum absolute atomic E-state index is 0.148. The van der Waals surface area contributed by atoms with Crippen LogP contribution in [-0.2, 0) is 19.2 Å². The van der Waals surface area contributed by atoms with E-state index in [1.54, 1.807) is 6.92 Å². The summed E-state index contributed by atoms with van der Waals surface area (Å²) in [6, 6.07) is 8.04. The Morgan fingerprint density at radius 1 is 1.03 bits per heavy atom. The van der Waals surface area contributed by atoms with Crippen molar-refractivity contribution in [3.63, 3.8) is 0 Å². The topological polar surface area (TPSA) is 107 Å². The van der Waals surface area contributed by atoms with E-state index in [9.17, 15) is 24.3 Å². The molecule has 3 aliphatic heterocycles. The first-order valence-corrected chi connectivity index (χ1v) is 11.9. The average Bonchev–Trinajstić information content (AvgIpc) is 2.80. The van der Waals surface area contributed by atoms with Crippen molar-refractivity contribution in [1.29, 1.82) is 0 Å². The fourth-order valence-corrected chi connectivity index (χ4v) is 5.16. The molecule has 4 rings (SSSR count). The van der Waals surface area contributed by atoms with Gasteiger partial charge in [-0.05, 0) is 62.6 Å². The Morgan fingerprint density at radius 3 is 2.24 bits per heavy atom. The van der Waals surface area contributed by atoms with Crippen LogP contribution in [0.15, 0.2) is 24.3 Å². The Kier molecular flexibility index (Phi) is 6.72. The summed E-state index contributed by atoms with van der Waals surface area (Å²) in [6.45, 7) is 4.59. The van der Waals surface area contributed by atoms with Crippen LogP contribution in [0, 0.1) is 11.3 Å². The molecule has 1 aromatic carbocycles. The molecule has 3 saturated heterocycles. The second-order valence-electron chi connectivity index (χ2n) is 9.98. The van der Waals surface area contributed by atoms with E-state index in [1.165, 1.54) is 0 Å². The largest absolute Gasteiger partial charge is 0.481 e. The third-order valence-electron chi connectivity index (χ3n) is 7.71. The number of carboxylic acid groups (broad SMARTS) is 1. The zero-order valence-corrected chi connectivity index (χ0v) is 19.2. The SMILES string of the molecule is CC1(C(=O)O)CCN(C(=O)CC2CCN(c3ccc(C4CCC(=O)NC4=O)cc3)CC2)CC1. The van der Waals surface area contributed by atoms with Crippen molar-refractivity contribution in [2.75, 3.05) is 31.1 Å². The number of benzene rings is 1. The molecule has 8 heteroatoms. The van der Waals surface area contributed by atoms with Gasteiger partial charge in [0.25, 0.3) is 0 Å². The lowest BCUT2D eigenvalue weighted by Crippen LogP contribution is -2.46. The lowest BCUT2D eigenvalue weighted by Gasteiger charge is -2.38. The lowest BCUT2D eigenvalue weighted by atomic mass is 9.80. The van der Waals surface area contributed by atoms with Gasteiger partial charge < -0.3 is 14.9 Å². The highest BCUT2D eigenvalue weighted by Crippen LogP contribution is 2.33. The number of rotatable bonds is 5. The summed E-state index contributed by atoms with van der Waals surface area (Å²) in [4.78, 5) is 51.8. The van der Waals surface area contributed by atoms with Crippen molar-refractivity contribution in [1.82, 2.24) is 10.2 Å². The molecule has 0 saturated carbocycles. The highest BCUT2D eigenvalue weighted by molar-refractivity contribution is 6.00. The maximum Gasteiger partial charge on any atom is 0.309 e. The monoisotopic (exact) mass is 455 g/mol. The average molecular weight is 456 g/mol. The molecule has 3 fully saturated rings. The molecule has 33 heavy (non-hydrogen) atoms. The molecule has 2 N–H and O–H groups in total. The number of carbonyl (C=O) groups is 4. The van der Waals surface area contributed by atoms with Crippen molar-refractivity contribution in [2.45, 2.75) is 57.8 Å². The van der Waals surface area contributed by atoms with Gasteiger partial charge in [0.1, 0.15) is 0 Å². The van der Waals surface area contributed by atoms with Crippen LogP contribution in [-0.4, -0.2) is 59.9 Å². The highest BCUT2D eigenvalue weighted by atomic mass is 16.4. The minimum Gasteiger partial charge on any atom is -0.481 e. The maximum atomic E-state index is 12.7. The van der Waals surface area contributed by atoms with E-state index >= 15 is 0 Å². The van der Waals surface area contributed by atoms with E-state index in [4.69, 9.17) is 0 Å². The predicted molar refractivity (Wildman–Crippen MR) is 123 cm³/mol. The number of hydrogen-bond acceptors (Lipinski definition) is 5. The van der Waals surface area contributed by atoms with Gasteiger partial charge in [-0.1, -0.05) is 12.1 Å². The summed E-state index contributed by atoms with van der Waals surface area (Å²) in [5, 5.41) is 11.8. The van der Waals surface area contributed by atoms with Crippen LogP contribution in [0.1, 0.15) is 63.4 Å². The van der Waals surface area contributed by atoms with Crippen LogP contribution in [0.2, 0.25) is 0 Å². The molecule has 0 spiro atoms. The Morgan fingerprint density at radius 2 is 1.67 bits per heavy atom. The van der Waals surface area contributed by atoms with E-state index in [0.717, 1.165) is 37.2 Å². The second kappa shape index (κ2) is 9.53. The van der Waals surface area contributed by atoms with Crippen LogP contribution in [0.4, 0.5) is 5.69 Å². The number of amides is 3. The summed E-state index contributed by atoms with van der Waals surface area (Å²) >= 11 is 0. The number of carboxylic acids is 1. The Bertz CT molecular complexity index is 912. The van der Waals surface area contributed by atoms with E-state index in [2.05, 4.69) is 10.2 Å². The van der Waals surface area contributed by atoms with Gasteiger partial charge in [0.15, 0.2) is 0 Å². The number of carbonyl (C=O) groups excluding carboxylic acids is 3. The Labute approximate surface area is 194 Å². The van der Waals surface area contributed by atoms with Crippen molar-refractivity contribution >= 4 is 29.4 Å². The Hall–Kier alpha value is -2.90. The van der Waals surface area contributed by atoms with Crippen LogP contribution in [0.3, 0.4) is 0 Å². The molecule has 0 aliphatic carbocycles. The molecule has 3 aliphatic rings. The van der Waals surface area contributed by atoms with Crippen LogP contribution in [0.5, 0.6) is 0 Å². The molecule has 1 atom stereocenters. The summed E-state index contributed by atoms with van der Waals surface area (Å²) in [7, 11) is 0. The van der Waals surface area contributed by atoms with Gasteiger partial charge in [0, 0.05) is 44.7 Å². The van der Waals surface area contributed by atoms with Gasteiger partial charge in [0.2, 0.25) is 17.7 Å². The van der Waals surface area contributed by atoms with Crippen molar-refractivity contribution < 1.29 is 24.3 Å². The molecular formula is C25H33N3O5. The maximum absolute atomic E-state index is 12.7. The highest BCUT2D eigenvalue weighted by Gasteiger charge is 2.38. The number of nitrogens with one attached hydrogen (secondary N) is 1. The lowest BCUT2D eigenvalue weighted by molar-refractivity contribution is -0.153. The fourth-order valence-electron chi connectivity index (χ4n) is 5.16. The quantitative estimate of drug-likeness (QED) is 0.661. The number of aliphatic carboxylic acids is 1. The third-order valence-corrected chi connectivity index (χ3v) is 7.71. The van der Waals surface area contributed by atoms with Crippen molar-refractivity contribution in [3.8, 4) is 0 Å². The van der Waals surface area contributed by atoms with E-state index in [0.29, 0.717) is 51.1 Å². The molecule has 3 heterocycles. The molecule has 3 amide bonds. The molecule has 1 aromatic rings. The summed E-state index contributed by atoms with van der Waals surface area (Å²) in [6.07, 6.45) is 4.38. The van der Waals surface area contributed by atoms with Crippen molar-refractivity contribution in [2.24, 2.45) is 11.3 Å². The first-order valence-electron chi connectivity index (χ1n) is 11.9. The molecule has 178 valence electrons. The van der Waals surface area contributed by atoms with Crippen LogP contribution >= 0.6 is 0 Å². The normalized spacial score (nSPS) is 23.8. The zero-order chi connectivity index (χ0) is 23.6. The molecule has 0 aromatic heterocycles. The van der Waals surface area contributed by atoms with Crippen LogP contribution in [0.25, 0.3) is 0 Å². The predicted octanol–water partition coefficient (Wildman–Crippen LogP) is 2.53. The molecule has 0 radical (unpaired) electrons. The van der Waals surface area contributed by atoms with E-state index in [-0.39, 0.29) is 23.6 Å². The summed E-state index contributed by atoms with van der Waals surface area (Å²) in [5.41, 5.74) is 1.33. The number of anilines is 1. The molecule has 1 unspecified atom stereocenters. The fraction of sp³-hybridized carbons (Fsp3) is 0.600. The smallest absolute Gasteiger partial charge is 0.309 e. The molecule has 8 nitrogen and oxygen atoms in total. The van der Waals surface area contributed by atoms with Gasteiger partial charge in [0.05, 0.1) is 11.3 Å². The number of likely N-dealkylation sites (tertiary alicyclic amines) is 1. The Balaban J connectivity index is 1.24. The summed E-state index contributed by atoms with van der Waals surface area (Å²) < 4.78 is 0. The number of nitrogens with zero attached hydrogens (tertiary/aromatic N) is 2. The summed E-state index contributed by atoms with van der Waals surface area (Å²) in [5.74, 6) is -0.957.